The Morgan fingerprint density at radius 3 is 2.38 bits per heavy atom. The summed E-state index contributed by atoms with van der Waals surface area (Å²) in [5.74, 6) is 0.673. The maximum atomic E-state index is 12.6. The second-order valence-electron chi connectivity index (χ2n) is 7.50. The number of anilines is 1. The van der Waals surface area contributed by atoms with Crippen LogP contribution >= 0.6 is 0 Å². The topological polar surface area (TPSA) is 74.8 Å². The molecular weight excluding hydrogens is 388 g/mol. The molecule has 2 aliphatic rings. The molecule has 1 aromatic carbocycles. The average Bonchev–Trinajstić information content (AvgIpc) is 3.30. The molecule has 0 radical (unpaired) electrons. The van der Waals surface area contributed by atoms with Crippen molar-refractivity contribution in [1.82, 2.24) is 14.2 Å². The van der Waals surface area contributed by atoms with Crippen LogP contribution in [0.1, 0.15) is 24.0 Å². The molecule has 29 heavy (non-hydrogen) atoms. The molecule has 2 aliphatic heterocycles. The summed E-state index contributed by atoms with van der Waals surface area (Å²) in [6.07, 6.45) is 3.31. The van der Waals surface area contributed by atoms with E-state index in [-0.39, 0.29) is 4.90 Å². The first-order chi connectivity index (χ1) is 14.1. The molecular formula is C21H28N4O3S. The van der Waals surface area contributed by atoms with Crippen molar-refractivity contribution in [3.05, 3.63) is 53.7 Å². The minimum absolute atomic E-state index is 0.262. The first kappa shape index (κ1) is 20.3. The molecule has 8 heteroatoms. The van der Waals surface area contributed by atoms with Gasteiger partial charge in [-0.15, -0.1) is 0 Å². The number of nitrogens with one attached hydrogen (secondary N) is 1. The minimum Gasteiger partial charge on any atom is -0.379 e. The maximum Gasteiger partial charge on any atom is 0.244 e. The van der Waals surface area contributed by atoms with E-state index in [9.17, 15) is 8.42 Å². The molecule has 2 fully saturated rings. The molecule has 0 unspecified atom stereocenters. The van der Waals surface area contributed by atoms with Crippen LogP contribution in [0.25, 0.3) is 0 Å². The number of hydrogen-bond donors (Lipinski definition) is 1. The molecule has 0 atom stereocenters. The van der Waals surface area contributed by atoms with Gasteiger partial charge in [0.25, 0.3) is 0 Å². The van der Waals surface area contributed by atoms with E-state index >= 15 is 0 Å². The molecule has 0 bridgehead atoms. The molecule has 4 rings (SSSR count). The van der Waals surface area contributed by atoms with Crippen molar-refractivity contribution in [3.8, 4) is 0 Å². The fourth-order valence-corrected chi connectivity index (χ4v) is 5.25. The van der Waals surface area contributed by atoms with Gasteiger partial charge in [0.05, 0.1) is 13.2 Å². The van der Waals surface area contributed by atoms with Gasteiger partial charge in [0.15, 0.2) is 0 Å². The molecule has 2 saturated heterocycles. The average molecular weight is 417 g/mol. The molecule has 0 amide bonds. The van der Waals surface area contributed by atoms with E-state index in [2.05, 4.69) is 33.4 Å². The second-order valence-corrected chi connectivity index (χ2v) is 9.44. The minimum atomic E-state index is -3.42. The third-order valence-electron chi connectivity index (χ3n) is 5.52. The smallest absolute Gasteiger partial charge is 0.244 e. The zero-order valence-electron chi connectivity index (χ0n) is 16.6. The van der Waals surface area contributed by atoms with E-state index in [0.717, 1.165) is 45.7 Å². The van der Waals surface area contributed by atoms with Crippen LogP contribution < -0.4 is 5.32 Å². The quantitative estimate of drug-likeness (QED) is 0.747. The summed E-state index contributed by atoms with van der Waals surface area (Å²) >= 11 is 0. The third-order valence-corrected chi connectivity index (χ3v) is 7.40. The third kappa shape index (κ3) is 4.95. The van der Waals surface area contributed by atoms with Gasteiger partial charge in [0.2, 0.25) is 10.0 Å². The Morgan fingerprint density at radius 2 is 1.69 bits per heavy atom. The van der Waals surface area contributed by atoms with Crippen molar-refractivity contribution < 1.29 is 13.2 Å². The number of rotatable bonds is 7. The fraction of sp³-hybridized carbons (Fsp3) is 0.476. The van der Waals surface area contributed by atoms with Gasteiger partial charge in [-0.25, -0.2) is 13.4 Å². The normalized spacial score (nSPS) is 18.8. The number of hydrogen-bond acceptors (Lipinski definition) is 6. The number of ether oxygens (including phenoxy) is 1. The zero-order valence-corrected chi connectivity index (χ0v) is 17.4. The van der Waals surface area contributed by atoms with E-state index in [1.165, 1.54) is 17.3 Å². The predicted molar refractivity (Wildman–Crippen MR) is 112 cm³/mol. The van der Waals surface area contributed by atoms with Gasteiger partial charge in [-0.05, 0) is 36.1 Å². The van der Waals surface area contributed by atoms with E-state index in [0.29, 0.717) is 25.5 Å². The van der Waals surface area contributed by atoms with Gasteiger partial charge >= 0.3 is 0 Å². The Morgan fingerprint density at radius 1 is 0.966 bits per heavy atom. The summed E-state index contributed by atoms with van der Waals surface area (Å²) in [4.78, 5) is 7.00. The summed E-state index contributed by atoms with van der Waals surface area (Å²) in [7, 11) is -3.42. The molecule has 3 heterocycles. The van der Waals surface area contributed by atoms with Crippen LogP contribution in [-0.2, 0) is 27.8 Å². The van der Waals surface area contributed by atoms with Crippen LogP contribution in [0.4, 0.5) is 5.82 Å². The highest BCUT2D eigenvalue weighted by atomic mass is 32.2. The molecule has 1 N–H and O–H groups in total. The van der Waals surface area contributed by atoms with Gasteiger partial charge in [-0.3, -0.25) is 4.90 Å². The number of aromatic nitrogens is 1. The van der Waals surface area contributed by atoms with Gasteiger partial charge in [0.1, 0.15) is 10.7 Å². The lowest BCUT2D eigenvalue weighted by atomic mass is 10.1. The van der Waals surface area contributed by atoms with Crippen molar-refractivity contribution >= 4 is 15.8 Å². The van der Waals surface area contributed by atoms with Crippen LogP contribution in [0, 0.1) is 0 Å². The van der Waals surface area contributed by atoms with Crippen LogP contribution in [0.3, 0.4) is 0 Å². The molecule has 2 aromatic rings. The summed E-state index contributed by atoms with van der Waals surface area (Å²) in [5.41, 5.74) is 2.50. The Bertz CT molecular complexity index is 906. The molecule has 156 valence electrons. The van der Waals surface area contributed by atoms with Crippen molar-refractivity contribution in [2.24, 2.45) is 0 Å². The van der Waals surface area contributed by atoms with Crippen molar-refractivity contribution in [2.75, 3.05) is 44.7 Å². The Balaban J connectivity index is 1.39. The SMILES string of the molecule is O=S(=O)(c1ccc(NCc2ccccc2CN2CCOCC2)nc1)N1CCCC1. The Labute approximate surface area is 172 Å². The summed E-state index contributed by atoms with van der Waals surface area (Å²) in [6.45, 7) is 6.23. The largest absolute Gasteiger partial charge is 0.379 e. The van der Waals surface area contributed by atoms with E-state index in [1.807, 2.05) is 6.07 Å². The lowest BCUT2D eigenvalue weighted by Crippen LogP contribution is -2.35. The lowest BCUT2D eigenvalue weighted by Gasteiger charge is -2.27. The monoisotopic (exact) mass is 416 g/mol. The van der Waals surface area contributed by atoms with Crippen LogP contribution in [0.2, 0.25) is 0 Å². The number of nitrogens with zero attached hydrogens (tertiary/aromatic N) is 3. The lowest BCUT2D eigenvalue weighted by molar-refractivity contribution is 0.0341. The van der Waals surface area contributed by atoms with Gasteiger partial charge in [-0.1, -0.05) is 24.3 Å². The number of pyridine rings is 1. The standard InChI is InChI=1S/C21H28N4O3S/c26-29(27,25-9-3-4-10-25)20-7-8-21(23-16-20)22-15-18-5-1-2-6-19(18)17-24-11-13-28-14-12-24/h1-2,5-8,16H,3-4,9-15,17H2,(H,22,23). The molecule has 7 nitrogen and oxygen atoms in total. The fourth-order valence-electron chi connectivity index (χ4n) is 3.79. The zero-order chi connectivity index (χ0) is 20.1. The second kappa shape index (κ2) is 9.21. The highest BCUT2D eigenvalue weighted by molar-refractivity contribution is 7.89. The maximum absolute atomic E-state index is 12.6. The van der Waals surface area contributed by atoms with Gasteiger partial charge in [0, 0.05) is 45.5 Å². The molecule has 0 aliphatic carbocycles. The Hall–Kier alpha value is -2.00. The van der Waals surface area contributed by atoms with Gasteiger partial charge in [-0.2, -0.15) is 4.31 Å². The van der Waals surface area contributed by atoms with E-state index in [1.54, 1.807) is 16.4 Å². The molecule has 0 spiro atoms. The summed E-state index contributed by atoms with van der Waals surface area (Å²) in [5, 5.41) is 3.32. The summed E-state index contributed by atoms with van der Waals surface area (Å²) in [6, 6.07) is 11.8. The van der Waals surface area contributed by atoms with Crippen molar-refractivity contribution in [2.45, 2.75) is 30.8 Å². The number of benzene rings is 1. The highest BCUT2D eigenvalue weighted by Crippen LogP contribution is 2.21. The highest BCUT2D eigenvalue weighted by Gasteiger charge is 2.27. The number of morpholine rings is 1. The van der Waals surface area contributed by atoms with Crippen molar-refractivity contribution in [3.63, 3.8) is 0 Å². The first-order valence-electron chi connectivity index (χ1n) is 10.2. The predicted octanol–water partition coefficient (Wildman–Crippen LogP) is 2.31. The van der Waals surface area contributed by atoms with Crippen LogP contribution in [0.15, 0.2) is 47.5 Å². The van der Waals surface area contributed by atoms with E-state index < -0.39 is 10.0 Å². The van der Waals surface area contributed by atoms with Crippen LogP contribution in [-0.4, -0.2) is 62.0 Å². The molecule has 0 saturated carbocycles. The Kier molecular flexibility index (Phi) is 6.44. The molecule has 1 aromatic heterocycles. The van der Waals surface area contributed by atoms with Crippen LogP contribution in [0.5, 0.6) is 0 Å². The van der Waals surface area contributed by atoms with Gasteiger partial charge < -0.3 is 10.1 Å². The summed E-state index contributed by atoms with van der Waals surface area (Å²) < 4.78 is 32.2. The number of sulfonamides is 1. The van der Waals surface area contributed by atoms with Crippen molar-refractivity contribution in [1.29, 1.82) is 0 Å². The first-order valence-corrected chi connectivity index (χ1v) is 11.6. The van der Waals surface area contributed by atoms with E-state index in [4.69, 9.17) is 4.74 Å².